The molecule has 70 valence electrons. The normalized spacial score (nSPS) is 10.2. The number of rotatable bonds is 1. The molecule has 0 unspecified atom stereocenters. The van der Waals surface area contributed by atoms with Crippen molar-refractivity contribution >= 4 is 19.7 Å². The van der Waals surface area contributed by atoms with E-state index in [1.807, 2.05) is 0 Å². The minimum atomic E-state index is -3.94. The summed E-state index contributed by atoms with van der Waals surface area (Å²) in [4.78, 5) is 3.24. The maximum Gasteiger partial charge on any atom is 0.261 e. The second-order valence-electron chi connectivity index (χ2n) is 2.23. The summed E-state index contributed by atoms with van der Waals surface area (Å²) in [6.07, 6.45) is 0. The summed E-state index contributed by atoms with van der Waals surface area (Å²) in [6.45, 7) is 0. The van der Waals surface area contributed by atoms with Crippen molar-refractivity contribution in [2.75, 3.05) is 0 Å². The molecule has 1 heterocycles. The van der Waals surface area contributed by atoms with E-state index in [1.54, 1.807) is 12.1 Å². The lowest BCUT2D eigenvalue weighted by Gasteiger charge is -1.96. The van der Waals surface area contributed by atoms with Crippen molar-refractivity contribution in [3.05, 3.63) is 23.5 Å². The monoisotopic (exact) mass is 227 g/mol. The molecule has 14 heavy (non-hydrogen) atoms. The van der Waals surface area contributed by atoms with E-state index in [0.717, 1.165) is 12.1 Å². The fourth-order valence-electron chi connectivity index (χ4n) is 0.761. The van der Waals surface area contributed by atoms with Gasteiger partial charge in [-0.25, -0.2) is 13.4 Å². The summed E-state index contributed by atoms with van der Waals surface area (Å²) in [7, 11) is 1.10. The SMILES string of the molecule is N#Cc1cc(S(=O)(=O)Cl)cc(C#N)n1. The van der Waals surface area contributed by atoms with Crippen LogP contribution in [-0.4, -0.2) is 13.4 Å². The van der Waals surface area contributed by atoms with Gasteiger partial charge in [0, 0.05) is 10.7 Å². The Balaban J connectivity index is 3.51. The average Bonchev–Trinajstić information content (AvgIpc) is 2.15. The van der Waals surface area contributed by atoms with Crippen LogP contribution in [0.2, 0.25) is 0 Å². The molecular weight excluding hydrogens is 226 g/mol. The lowest BCUT2D eigenvalue weighted by atomic mass is 10.3. The van der Waals surface area contributed by atoms with Crippen LogP contribution in [-0.2, 0) is 9.05 Å². The number of halogens is 1. The first-order chi connectivity index (χ1) is 6.47. The van der Waals surface area contributed by atoms with Crippen molar-refractivity contribution in [2.45, 2.75) is 4.90 Å². The van der Waals surface area contributed by atoms with Crippen LogP contribution >= 0.6 is 10.7 Å². The lowest BCUT2D eigenvalue weighted by Crippen LogP contribution is -1.96. The summed E-state index contributed by atoms with van der Waals surface area (Å²) >= 11 is 0. The number of nitrogens with zero attached hydrogens (tertiary/aromatic N) is 3. The van der Waals surface area contributed by atoms with Crippen molar-refractivity contribution in [2.24, 2.45) is 0 Å². The van der Waals surface area contributed by atoms with Crippen LogP contribution in [0, 0.1) is 22.7 Å². The van der Waals surface area contributed by atoms with E-state index >= 15 is 0 Å². The Labute approximate surface area is 84.6 Å². The van der Waals surface area contributed by atoms with E-state index < -0.39 is 9.05 Å². The minimum absolute atomic E-state index is 0.164. The van der Waals surface area contributed by atoms with E-state index in [-0.39, 0.29) is 16.3 Å². The molecular formula is C7H2ClN3O2S. The highest BCUT2D eigenvalue weighted by Gasteiger charge is 2.13. The molecule has 0 bridgehead atoms. The van der Waals surface area contributed by atoms with Crippen molar-refractivity contribution < 1.29 is 8.42 Å². The van der Waals surface area contributed by atoms with Gasteiger partial charge in [-0.15, -0.1) is 0 Å². The number of pyridine rings is 1. The molecule has 0 aliphatic rings. The second kappa shape index (κ2) is 3.62. The maximum atomic E-state index is 10.9. The van der Waals surface area contributed by atoms with Gasteiger partial charge in [0.25, 0.3) is 9.05 Å². The Hall–Kier alpha value is -1.63. The minimum Gasteiger partial charge on any atom is -0.226 e. The molecule has 5 nitrogen and oxygen atoms in total. The first kappa shape index (κ1) is 10.5. The molecule has 0 amide bonds. The summed E-state index contributed by atoms with van der Waals surface area (Å²) in [5.41, 5.74) is -0.327. The molecule has 0 aliphatic heterocycles. The van der Waals surface area contributed by atoms with Crippen LogP contribution in [0.1, 0.15) is 11.4 Å². The van der Waals surface area contributed by atoms with E-state index in [0.29, 0.717) is 0 Å². The number of hydrogen-bond acceptors (Lipinski definition) is 5. The molecule has 0 saturated heterocycles. The Morgan fingerprint density at radius 1 is 1.21 bits per heavy atom. The topological polar surface area (TPSA) is 94.6 Å². The van der Waals surface area contributed by atoms with Crippen LogP contribution in [0.3, 0.4) is 0 Å². The fraction of sp³-hybridized carbons (Fsp3) is 0. The second-order valence-corrected chi connectivity index (χ2v) is 4.80. The number of nitriles is 2. The van der Waals surface area contributed by atoms with Gasteiger partial charge in [-0.05, 0) is 12.1 Å². The molecule has 7 heteroatoms. The van der Waals surface area contributed by atoms with Gasteiger partial charge < -0.3 is 0 Å². The lowest BCUT2D eigenvalue weighted by molar-refractivity contribution is 0.609. The zero-order valence-corrected chi connectivity index (χ0v) is 8.17. The standard InChI is InChI=1S/C7H2ClN3O2S/c8-14(12,13)7-1-5(3-9)11-6(2-7)4-10/h1-2H. The Morgan fingerprint density at radius 3 is 1.93 bits per heavy atom. The summed E-state index contributed by atoms with van der Waals surface area (Å²) < 4.78 is 21.8. The first-order valence-electron chi connectivity index (χ1n) is 3.24. The van der Waals surface area contributed by atoms with E-state index in [9.17, 15) is 8.42 Å². The van der Waals surface area contributed by atoms with E-state index in [4.69, 9.17) is 21.2 Å². The number of hydrogen-bond donors (Lipinski definition) is 0. The quantitative estimate of drug-likeness (QED) is 0.660. The number of aromatic nitrogens is 1. The first-order valence-corrected chi connectivity index (χ1v) is 5.55. The molecule has 0 N–H and O–H groups in total. The van der Waals surface area contributed by atoms with Gasteiger partial charge in [0.1, 0.15) is 23.5 Å². The molecule has 0 aliphatic carbocycles. The van der Waals surface area contributed by atoms with Crippen molar-refractivity contribution in [3.8, 4) is 12.1 Å². The van der Waals surface area contributed by atoms with Gasteiger partial charge in [-0.3, -0.25) is 0 Å². The average molecular weight is 228 g/mol. The third kappa shape index (κ3) is 2.19. The molecule has 0 spiro atoms. The van der Waals surface area contributed by atoms with Crippen LogP contribution < -0.4 is 0 Å². The fourth-order valence-corrected chi connectivity index (χ4v) is 1.53. The Morgan fingerprint density at radius 2 is 1.64 bits per heavy atom. The molecule has 1 rings (SSSR count). The van der Waals surface area contributed by atoms with Gasteiger partial charge in [-0.2, -0.15) is 10.5 Å². The molecule has 0 atom stereocenters. The highest BCUT2D eigenvalue weighted by molar-refractivity contribution is 8.13. The van der Waals surface area contributed by atoms with Gasteiger partial charge in [-0.1, -0.05) is 0 Å². The third-order valence-electron chi connectivity index (χ3n) is 1.31. The summed E-state index contributed by atoms with van der Waals surface area (Å²) in [5, 5.41) is 17.0. The summed E-state index contributed by atoms with van der Waals surface area (Å²) in [5.74, 6) is 0. The predicted molar refractivity (Wildman–Crippen MR) is 46.7 cm³/mol. The zero-order chi connectivity index (χ0) is 10.8. The van der Waals surface area contributed by atoms with Gasteiger partial charge in [0.2, 0.25) is 0 Å². The summed E-state index contributed by atoms with van der Waals surface area (Å²) in [6, 6.07) is 5.26. The molecule has 0 fully saturated rings. The molecule has 0 aromatic carbocycles. The largest absolute Gasteiger partial charge is 0.261 e. The maximum absolute atomic E-state index is 10.9. The van der Waals surface area contributed by atoms with Gasteiger partial charge in [0.15, 0.2) is 0 Å². The zero-order valence-electron chi connectivity index (χ0n) is 6.60. The van der Waals surface area contributed by atoms with Gasteiger partial charge >= 0.3 is 0 Å². The molecule has 0 radical (unpaired) electrons. The third-order valence-corrected chi connectivity index (χ3v) is 2.64. The molecule has 1 aromatic heterocycles. The van der Waals surface area contributed by atoms with Crippen LogP contribution in [0.4, 0.5) is 0 Å². The Bertz CT molecular complexity index is 521. The Kier molecular flexibility index (Phi) is 2.70. The van der Waals surface area contributed by atoms with E-state index in [1.165, 1.54) is 0 Å². The van der Waals surface area contributed by atoms with Gasteiger partial charge in [0.05, 0.1) is 4.90 Å². The van der Waals surface area contributed by atoms with Crippen molar-refractivity contribution in [1.82, 2.24) is 4.98 Å². The highest BCUT2D eigenvalue weighted by atomic mass is 35.7. The predicted octanol–water partition coefficient (Wildman–Crippen LogP) is 0.752. The smallest absolute Gasteiger partial charge is 0.226 e. The molecule has 1 aromatic rings. The van der Waals surface area contributed by atoms with Crippen LogP contribution in [0.5, 0.6) is 0 Å². The highest BCUT2D eigenvalue weighted by Crippen LogP contribution is 2.16. The van der Waals surface area contributed by atoms with Crippen LogP contribution in [0.25, 0.3) is 0 Å². The van der Waals surface area contributed by atoms with Crippen molar-refractivity contribution in [1.29, 1.82) is 10.5 Å². The van der Waals surface area contributed by atoms with Crippen molar-refractivity contribution in [3.63, 3.8) is 0 Å². The van der Waals surface area contributed by atoms with Crippen LogP contribution in [0.15, 0.2) is 17.0 Å². The van der Waals surface area contributed by atoms with E-state index in [2.05, 4.69) is 4.98 Å². The molecule has 0 saturated carbocycles.